The second-order valence-electron chi connectivity index (χ2n) is 5.32. The predicted octanol–water partition coefficient (Wildman–Crippen LogP) is 4.02. The molecule has 1 aliphatic carbocycles. The van der Waals surface area contributed by atoms with Crippen LogP contribution in [0.3, 0.4) is 0 Å². The maximum atomic E-state index is 6.34. The highest BCUT2D eigenvalue weighted by Gasteiger charge is 2.13. The summed E-state index contributed by atoms with van der Waals surface area (Å²) in [6.07, 6.45) is 4.72. The molecule has 2 heteroatoms. The first-order valence-corrected chi connectivity index (χ1v) is 7.92. The smallest absolute Gasteiger partial charge is 0.0336 e. The van der Waals surface area contributed by atoms with Crippen LogP contribution in [0.15, 0.2) is 42.5 Å². The van der Waals surface area contributed by atoms with Crippen molar-refractivity contribution in [3.63, 3.8) is 0 Å². The van der Waals surface area contributed by atoms with Crippen LogP contribution in [0.5, 0.6) is 0 Å². The average Bonchev–Trinajstić information content (AvgIpc) is 2.86. The third-order valence-electron chi connectivity index (χ3n) is 3.90. The largest absolute Gasteiger partial charge is 0.324 e. The Kier molecular flexibility index (Phi) is 3.89. The molecule has 0 radical (unpaired) electrons. The summed E-state index contributed by atoms with van der Waals surface area (Å²) in [5.74, 6) is 0. The summed E-state index contributed by atoms with van der Waals surface area (Å²) < 4.78 is 1.25. The van der Waals surface area contributed by atoms with E-state index in [1.54, 1.807) is 0 Å². The molecular weight excluding hydrogens is 345 g/mol. The molecule has 0 amide bonds. The van der Waals surface area contributed by atoms with Gasteiger partial charge in [-0.3, -0.25) is 0 Å². The molecule has 0 saturated heterocycles. The average molecular weight is 363 g/mol. The van der Waals surface area contributed by atoms with Crippen molar-refractivity contribution in [2.24, 2.45) is 5.73 Å². The van der Waals surface area contributed by atoms with Crippen molar-refractivity contribution in [1.82, 2.24) is 0 Å². The number of benzene rings is 2. The van der Waals surface area contributed by atoms with E-state index in [4.69, 9.17) is 5.73 Å². The van der Waals surface area contributed by atoms with Crippen LogP contribution in [0, 0.1) is 3.57 Å². The zero-order valence-corrected chi connectivity index (χ0v) is 13.1. The molecule has 0 aliphatic heterocycles. The van der Waals surface area contributed by atoms with Crippen molar-refractivity contribution in [3.8, 4) is 0 Å². The first-order chi connectivity index (χ1) is 9.22. The van der Waals surface area contributed by atoms with Gasteiger partial charge in [-0.05, 0) is 82.7 Å². The first-order valence-electron chi connectivity index (χ1n) is 6.84. The van der Waals surface area contributed by atoms with Gasteiger partial charge in [0.15, 0.2) is 0 Å². The molecule has 1 atom stereocenters. The SMILES string of the molecule is NC(Cc1ccc2c(c1)CCC2)c1cccc(I)c1. The molecule has 0 fully saturated rings. The van der Waals surface area contributed by atoms with E-state index in [0.29, 0.717) is 0 Å². The number of nitrogens with two attached hydrogens (primary N) is 1. The standard InChI is InChI=1S/C17H18IN/c18-16-6-2-5-15(11-16)17(19)10-12-7-8-13-3-1-4-14(13)9-12/h2,5-9,11,17H,1,3-4,10,19H2. The normalized spacial score (nSPS) is 15.3. The molecule has 0 spiro atoms. The Morgan fingerprint density at radius 3 is 2.74 bits per heavy atom. The second kappa shape index (κ2) is 5.63. The third kappa shape index (κ3) is 3.00. The maximum Gasteiger partial charge on any atom is 0.0336 e. The van der Waals surface area contributed by atoms with Crippen LogP contribution < -0.4 is 5.73 Å². The Labute approximate surface area is 128 Å². The minimum atomic E-state index is 0.0918. The fraction of sp³-hybridized carbons (Fsp3) is 0.294. The summed E-state index contributed by atoms with van der Waals surface area (Å²) in [6.45, 7) is 0. The molecule has 98 valence electrons. The number of fused-ring (bicyclic) bond motifs is 1. The van der Waals surface area contributed by atoms with Crippen LogP contribution in [-0.4, -0.2) is 0 Å². The molecule has 0 aromatic heterocycles. The van der Waals surface area contributed by atoms with Gasteiger partial charge in [0, 0.05) is 9.61 Å². The summed E-state index contributed by atoms with van der Waals surface area (Å²) in [6, 6.07) is 15.5. The van der Waals surface area contributed by atoms with E-state index in [2.05, 4.69) is 65.1 Å². The minimum Gasteiger partial charge on any atom is -0.324 e. The van der Waals surface area contributed by atoms with E-state index in [1.165, 1.54) is 45.1 Å². The molecule has 0 heterocycles. The zero-order valence-electron chi connectivity index (χ0n) is 10.9. The van der Waals surface area contributed by atoms with Gasteiger partial charge in [0.25, 0.3) is 0 Å². The summed E-state index contributed by atoms with van der Waals surface area (Å²) in [5, 5.41) is 0. The summed E-state index contributed by atoms with van der Waals surface area (Å²) in [5.41, 5.74) is 12.0. The van der Waals surface area contributed by atoms with Gasteiger partial charge >= 0.3 is 0 Å². The number of hydrogen-bond donors (Lipinski definition) is 1. The fourth-order valence-electron chi connectivity index (χ4n) is 2.86. The molecule has 0 bridgehead atoms. The van der Waals surface area contributed by atoms with E-state index in [-0.39, 0.29) is 6.04 Å². The fourth-order valence-corrected chi connectivity index (χ4v) is 3.43. The number of halogens is 1. The van der Waals surface area contributed by atoms with Crippen LogP contribution >= 0.6 is 22.6 Å². The van der Waals surface area contributed by atoms with Crippen LogP contribution in [0.1, 0.15) is 34.7 Å². The molecule has 2 N–H and O–H groups in total. The van der Waals surface area contributed by atoms with Crippen molar-refractivity contribution in [1.29, 1.82) is 0 Å². The highest BCUT2D eigenvalue weighted by atomic mass is 127. The van der Waals surface area contributed by atoms with Crippen molar-refractivity contribution in [2.75, 3.05) is 0 Å². The van der Waals surface area contributed by atoms with Crippen molar-refractivity contribution in [3.05, 3.63) is 68.3 Å². The molecule has 1 nitrogen and oxygen atoms in total. The molecule has 2 aromatic carbocycles. The first kappa shape index (κ1) is 13.1. The monoisotopic (exact) mass is 363 g/mol. The lowest BCUT2D eigenvalue weighted by molar-refractivity contribution is 0.720. The van der Waals surface area contributed by atoms with E-state index < -0.39 is 0 Å². The molecule has 3 rings (SSSR count). The second-order valence-corrected chi connectivity index (χ2v) is 6.57. The molecule has 19 heavy (non-hydrogen) atoms. The molecule has 2 aromatic rings. The lowest BCUT2D eigenvalue weighted by Crippen LogP contribution is -2.13. The van der Waals surface area contributed by atoms with E-state index >= 15 is 0 Å². The Morgan fingerprint density at radius 2 is 1.89 bits per heavy atom. The van der Waals surface area contributed by atoms with Gasteiger partial charge < -0.3 is 5.73 Å². The molecule has 1 aliphatic rings. The molecular formula is C17H18IN. The van der Waals surface area contributed by atoms with Crippen LogP contribution in [0.2, 0.25) is 0 Å². The van der Waals surface area contributed by atoms with Crippen LogP contribution in [-0.2, 0) is 19.3 Å². The zero-order chi connectivity index (χ0) is 13.2. The third-order valence-corrected chi connectivity index (χ3v) is 4.57. The highest BCUT2D eigenvalue weighted by Crippen LogP contribution is 2.25. The number of hydrogen-bond acceptors (Lipinski definition) is 1. The number of rotatable bonds is 3. The van der Waals surface area contributed by atoms with Gasteiger partial charge in [0.05, 0.1) is 0 Å². The Bertz CT molecular complexity index is 592. The summed E-state index contributed by atoms with van der Waals surface area (Å²) in [7, 11) is 0. The van der Waals surface area contributed by atoms with Gasteiger partial charge in [-0.1, -0.05) is 30.3 Å². The van der Waals surface area contributed by atoms with E-state index in [1.807, 2.05) is 0 Å². The van der Waals surface area contributed by atoms with Crippen LogP contribution in [0.25, 0.3) is 0 Å². The number of aryl methyl sites for hydroxylation is 2. The molecule has 0 saturated carbocycles. The molecule has 1 unspecified atom stereocenters. The lowest BCUT2D eigenvalue weighted by Gasteiger charge is -2.13. The van der Waals surface area contributed by atoms with Crippen molar-refractivity contribution in [2.45, 2.75) is 31.7 Å². The van der Waals surface area contributed by atoms with Gasteiger partial charge in [0.1, 0.15) is 0 Å². The topological polar surface area (TPSA) is 26.0 Å². The Hall–Kier alpha value is -0.870. The minimum absolute atomic E-state index is 0.0918. The van der Waals surface area contributed by atoms with Crippen molar-refractivity contribution >= 4 is 22.6 Å². The van der Waals surface area contributed by atoms with Crippen molar-refractivity contribution < 1.29 is 0 Å². The Morgan fingerprint density at radius 1 is 1.05 bits per heavy atom. The highest BCUT2D eigenvalue weighted by molar-refractivity contribution is 14.1. The van der Waals surface area contributed by atoms with E-state index in [0.717, 1.165) is 6.42 Å². The van der Waals surface area contributed by atoms with E-state index in [9.17, 15) is 0 Å². The summed E-state index contributed by atoms with van der Waals surface area (Å²) >= 11 is 2.34. The Balaban J connectivity index is 1.77. The van der Waals surface area contributed by atoms with Gasteiger partial charge in [-0.15, -0.1) is 0 Å². The quantitative estimate of drug-likeness (QED) is 0.819. The lowest BCUT2D eigenvalue weighted by atomic mass is 9.97. The van der Waals surface area contributed by atoms with Gasteiger partial charge in [-0.25, -0.2) is 0 Å². The maximum absolute atomic E-state index is 6.34. The van der Waals surface area contributed by atoms with Gasteiger partial charge in [0.2, 0.25) is 0 Å². The van der Waals surface area contributed by atoms with Gasteiger partial charge in [-0.2, -0.15) is 0 Å². The van der Waals surface area contributed by atoms with Crippen LogP contribution in [0.4, 0.5) is 0 Å². The predicted molar refractivity (Wildman–Crippen MR) is 88.3 cm³/mol. The summed E-state index contributed by atoms with van der Waals surface area (Å²) in [4.78, 5) is 0.